The van der Waals surface area contributed by atoms with Crippen LogP contribution in [0.4, 0.5) is 14.9 Å². The highest BCUT2D eigenvalue weighted by atomic mass is 19.1. The summed E-state index contributed by atoms with van der Waals surface area (Å²) < 4.78 is 13.1. The van der Waals surface area contributed by atoms with E-state index < -0.39 is 0 Å². The predicted octanol–water partition coefficient (Wildman–Crippen LogP) is 4.72. The molecule has 1 aliphatic carbocycles. The van der Waals surface area contributed by atoms with Gasteiger partial charge in [0, 0.05) is 36.9 Å². The van der Waals surface area contributed by atoms with Crippen molar-refractivity contribution in [2.24, 2.45) is 0 Å². The van der Waals surface area contributed by atoms with Gasteiger partial charge in [0.15, 0.2) is 0 Å². The van der Waals surface area contributed by atoms with E-state index in [1.165, 1.54) is 31.4 Å². The van der Waals surface area contributed by atoms with Gasteiger partial charge in [0.25, 0.3) is 5.91 Å². The second-order valence-corrected chi connectivity index (χ2v) is 8.19. The number of carbonyl (C=O) groups excluding carboxylic acids is 2. The summed E-state index contributed by atoms with van der Waals surface area (Å²) in [6.45, 7) is 1.78. The molecule has 1 saturated heterocycles. The van der Waals surface area contributed by atoms with Crippen LogP contribution in [0.3, 0.4) is 0 Å². The molecule has 1 heterocycles. The van der Waals surface area contributed by atoms with Gasteiger partial charge in [-0.15, -0.1) is 0 Å². The molecule has 4 rings (SSSR count). The Hall–Kier alpha value is -2.89. The molecule has 2 aromatic carbocycles. The summed E-state index contributed by atoms with van der Waals surface area (Å²) in [5.74, 6) is -0.325. The molecule has 1 N–H and O–H groups in total. The number of rotatable bonds is 5. The highest BCUT2D eigenvalue weighted by Gasteiger charge is 2.27. The van der Waals surface area contributed by atoms with Crippen LogP contribution >= 0.6 is 0 Å². The predicted molar refractivity (Wildman–Crippen MR) is 115 cm³/mol. The maximum absolute atomic E-state index is 13.1. The minimum atomic E-state index is -0.280. The summed E-state index contributed by atoms with van der Waals surface area (Å²) in [6, 6.07) is 13.7. The highest BCUT2D eigenvalue weighted by molar-refractivity contribution is 5.96. The van der Waals surface area contributed by atoms with Crippen LogP contribution in [0.15, 0.2) is 48.5 Å². The van der Waals surface area contributed by atoms with Crippen molar-refractivity contribution in [1.82, 2.24) is 10.2 Å². The number of anilines is 1. The number of urea groups is 1. The molecule has 0 unspecified atom stereocenters. The molecule has 0 radical (unpaired) electrons. The van der Waals surface area contributed by atoms with E-state index in [1.807, 2.05) is 12.1 Å². The zero-order valence-electron chi connectivity index (χ0n) is 17.1. The lowest BCUT2D eigenvalue weighted by atomic mass is 9.95. The SMILES string of the molecule is O=C(NC1CCCCC1)c1ccc(N2CCCN(Cc3ccc(F)cc3)C2=O)cc1. The number of benzene rings is 2. The molecule has 158 valence electrons. The minimum absolute atomic E-state index is 0.0450. The van der Waals surface area contributed by atoms with E-state index in [-0.39, 0.29) is 23.8 Å². The van der Waals surface area contributed by atoms with Gasteiger partial charge in [-0.1, -0.05) is 31.4 Å². The van der Waals surface area contributed by atoms with Crippen LogP contribution in [0.2, 0.25) is 0 Å². The standard InChI is InChI=1S/C24H28FN3O2/c25-20-11-7-18(8-12-20)17-27-15-4-16-28(24(27)30)22-13-9-19(10-14-22)23(29)26-21-5-2-1-3-6-21/h7-14,21H,1-6,15-17H2,(H,26,29). The lowest BCUT2D eigenvalue weighted by Gasteiger charge is -2.35. The van der Waals surface area contributed by atoms with E-state index in [0.29, 0.717) is 25.2 Å². The van der Waals surface area contributed by atoms with Gasteiger partial charge in [-0.3, -0.25) is 9.69 Å². The summed E-state index contributed by atoms with van der Waals surface area (Å²) in [5.41, 5.74) is 2.32. The average molecular weight is 410 g/mol. The van der Waals surface area contributed by atoms with Crippen LogP contribution in [0, 0.1) is 5.82 Å². The molecule has 0 aromatic heterocycles. The first-order valence-corrected chi connectivity index (χ1v) is 10.8. The van der Waals surface area contributed by atoms with Gasteiger partial charge in [-0.25, -0.2) is 9.18 Å². The van der Waals surface area contributed by atoms with Gasteiger partial charge in [-0.2, -0.15) is 0 Å². The number of hydrogen-bond acceptors (Lipinski definition) is 2. The third-order valence-electron chi connectivity index (χ3n) is 5.98. The van der Waals surface area contributed by atoms with Gasteiger partial charge < -0.3 is 10.2 Å². The van der Waals surface area contributed by atoms with Crippen LogP contribution < -0.4 is 10.2 Å². The third kappa shape index (κ3) is 4.81. The van der Waals surface area contributed by atoms with E-state index in [4.69, 9.17) is 0 Å². The fourth-order valence-corrected chi connectivity index (χ4v) is 4.29. The Labute approximate surface area is 176 Å². The van der Waals surface area contributed by atoms with Crippen molar-refractivity contribution in [3.05, 3.63) is 65.5 Å². The fraction of sp³-hybridized carbons (Fsp3) is 0.417. The lowest BCUT2D eigenvalue weighted by molar-refractivity contribution is 0.0927. The summed E-state index contributed by atoms with van der Waals surface area (Å²) in [6.07, 6.45) is 6.57. The van der Waals surface area contributed by atoms with Crippen molar-refractivity contribution in [3.63, 3.8) is 0 Å². The van der Waals surface area contributed by atoms with E-state index >= 15 is 0 Å². The Morgan fingerprint density at radius 2 is 1.63 bits per heavy atom. The van der Waals surface area contributed by atoms with Gasteiger partial charge in [-0.05, 0) is 61.2 Å². The summed E-state index contributed by atoms with van der Waals surface area (Å²) in [4.78, 5) is 29.0. The molecule has 2 fully saturated rings. The number of hydrogen-bond donors (Lipinski definition) is 1. The van der Waals surface area contributed by atoms with Gasteiger partial charge in [0.1, 0.15) is 5.82 Å². The number of nitrogens with zero attached hydrogens (tertiary/aromatic N) is 2. The van der Waals surface area contributed by atoms with Crippen LogP contribution in [-0.2, 0) is 6.54 Å². The topological polar surface area (TPSA) is 52.7 Å². The zero-order chi connectivity index (χ0) is 20.9. The fourth-order valence-electron chi connectivity index (χ4n) is 4.29. The minimum Gasteiger partial charge on any atom is -0.349 e. The van der Waals surface area contributed by atoms with Crippen LogP contribution in [0.1, 0.15) is 54.4 Å². The molecule has 0 atom stereocenters. The van der Waals surface area contributed by atoms with E-state index in [9.17, 15) is 14.0 Å². The molecule has 30 heavy (non-hydrogen) atoms. The van der Waals surface area contributed by atoms with E-state index in [1.54, 1.807) is 34.1 Å². The second-order valence-electron chi connectivity index (χ2n) is 8.19. The maximum Gasteiger partial charge on any atom is 0.324 e. The largest absolute Gasteiger partial charge is 0.349 e. The smallest absolute Gasteiger partial charge is 0.324 e. The van der Waals surface area contributed by atoms with Crippen LogP contribution in [0.5, 0.6) is 0 Å². The highest BCUT2D eigenvalue weighted by Crippen LogP contribution is 2.23. The number of halogens is 1. The summed E-state index contributed by atoms with van der Waals surface area (Å²) in [5, 5.41) is 3.13. The molecule has 0 spiro atoms. The Morgan fingerprint density at radius 1 is 0.933 bits per heavy atom. The first-order chi connectivity index (χ1) is 14.6. The van der Waals surface area contributed by atoms with Crippen LogP contribution in [-0.4, -0.2) is 36.0 Å². The summed E-state index contributed by atoms with van der Waals surface area (Å²) >= 11 is 0. The first-order valence-electron chi connectivity index (χ1n) is 10.8. The van der Waals surface area contributed by atoms with Crippen molar-refractivity contribution in [2.45, 2.75) is 51.1 Å². The Bertz CT molecular complexity index is 876. The third-order valence-corrected chi connectivity index (χ3v) is 5.98. The molecule has 5 nitrogen and oxygen atoms in total. The van der Waals surface area contributed by atoms with Crippen molar-refractivity contribution >= 4 is 17.6 Å². The Kier molecular flexibility index (Phi) is 6.31. The summed E-state index contributed by atoms with van der Waals surface area (Å²) in [7, 11) is 0. The van der Waals surface area contributed by atoms with Crippen molar-refractivity contribution in [1.29, 1.82) is 0 Å². The zero-order valence-corrected chi connectivity index (χ0v) is 17.1. The first kappa shape index (κ1) is 20.4. The Morgan fingerprint density at radius 3 is 2.33 bits per heavy atom. The van der Waals surface area contributed by atoms with Crippen LogP contribution in [0.25, 0.3) is 0 Å². The Balaban J connectivity index is 1.39. The molecule has 2 aromatic rings. The van der Waals surface area contributed by atoms with Crippen molar-refractivity contribution in [3.8, 4) is 0 Å². The van der Waals surface area contributed by atoms with Gasteiger partial charge >= 0.3 is 6.03 Å². The molecule has 3 amide bonds. The monoisotopic (exact) mass is 409 g/mol. The lowest BCUT2D eigenvalue weighted by Crippen LogP contribution is -2.49. The van der Waals surface area contributed by atoms with Crippen molar-refractivity contribution in [2.75, 3.05) is 18.0 Å². The number of nitrogens with one attached hydrogen (secondary N) is 1. The molecule has 1 saturated carbocycles. The molecular weight excluding hydrogens is 381 g/mol. The van der Waals surface area contributed by atoms with E-state index in [0.717, 1.165) is 30.5 Å². The molecule has 1 aliphatic heterocycles. The molecule has 0 bridgehead atoms. The molecule has 2 aliphatic rings. The van der Waals surface area contributed by atoms with Gasteiger partial charge in [0.05, 0.1) is 0 Å². The quantitative estimate of drug-likeness (QED) is 0.777. The maximum atomic E-state index is 13.1. The second kappa shape index (κ2) is 9.28. The van der Waals surface area contributed by atoms with Gasteiger partial charge in [0.2, 0.25) is 0 Å². The molecular formula is C24H28FN3O2. The number of amides is 3. The molecule has 6 heteroatoms. The normalized spacial score (nSPS) is 17.8. The van der Waals surface area contributed by atoms with Crippen molar-refractivity contribution < 1.29 is 14.0 Å². The van der Waals surface area contributed by atoms with E-state index in [2.05, 4.69) is 5.32 Å². The average Bonchev–Trinajstić information content (AvgIpc) is 2.77. The number of carbonyl (C=O) groups is 2.